The summed E-state index contributed by atoms with van der Waals surface area (Å²) in [5.41, 5.74) is -0.775. The third-order valence-corrected chi connectivity index (χ3v) is 3.67. The van der Waals surface area contributed by atoms with Crippen LogP contribution in [0.1, 0.15) is 10.4 Å². The summed E-state index contributed by atoms with van der Waals surface area (Å²) in [7, 11) is 1.36. The first-order chi connectivity index (χ1) is 11.4. The Hall–Kier alpha value is -3.01. The van der Waals surface area contributed by atoms with Crippen molar-refractivity contribution >= 4 is 33.6 Å². The second-order valence-electron chi connectivity index (χ2n) is 4.41. The zero-order valence-corrected chi connectivity index (χ0v) is 13.7. The quantitative estimate of drug-likeness (QED) is 0.412. The van der Waals surface area contributed by atoms with Gasteiger partial charge in [-0.15, -0.1) is 0 Å². The van der Waals surface area contributed by atoms with E-state index in [4.69, 9.17) is 9.47 Å². The Balaban J connectivity index is 2.53. The van der Waals surface area contributed by atoms with E-state index in [0.29, 0.717) is 10.8 Å². The lowest BCUT2D eigenvalue weighted by atomic mass is 10.2. The molecule has 0 fully saturated rings. The number of carbonyl (C=O) groups is 1. The average Bonchev–Trinajstić information content (AvgIpc) is 2.55. The number of hydrogen-bond donors (Lipinski definition) is 0. The Morgan fingerprint density at radius 3 is 2.29 bits per heavy atom. The molecule has 0 amide bonds. The molecular weight excluding hydrogens is 388 g/mol. The summed E-state index contributed by atoms with van der Waals surface area (Å²) in [5.74, 6) is 0.0583. The lowest BCUT2D eigenvalue weighted by Crippen LogP contribution is -1.98. The molecule has 0 saturated heterocycles. The molecule has 0 aliphatic rings. The van der Waals surface area contributed by atoms with Gasteiger partial charge in [0, 0.05) is 16.1 Å². The highest BCUT2D eigenvalue weighted by Gasteiger charge is 2.22. The molecule has 2 aromatic rings. The van der Waals surface area contributed by atoms with Crippen LogP contribution in [0.4, 0.5) is 11.4 Å². The van der Waals surface area contributed by atoms with Crippen LogP contribution in [0.3, 0.4) is 0 Å². The Bertz CT molecular complexity index is 838. The molecule has 0 saturated carbocycles. The minimum Gasteiger partial charge on any atom is -0.493 e. The van der Waals surface area contributed by atoms with Crippen molar-refractivity contribution in [3.05, 3.63) is 60.6 Å². The van der Waals surface area contributed by atoms with Gasteiger partial charge in [-0.3, -0.25) is 25.0 Å². The minimum absolute atomic E-state index is 0.0553. The predicted molar refractivity (Wildman–Crippen MR) is 85.9 cm³/mol. The number of nitro groups is 2. The van der Waals surface area contributed by atoms with Gasteiger partial charge in [-0.25, -0.2) is 0 Å². The number of carbonyl (C=O) groups excluding carboxylic acids is 1. The summed E-state index contributed by atoms with van der Waals surface area (Å²) >= 11 is 3.18. The second kappa shape index (κ2) is 7.04. The van der Waals surface area contributed by atoms with Gasteiger partial charge in [-0.2, -0.15) is 0 Å². The fraction of sp³-hybridized carbons (Fsp3) is 0.0714. The molecule has 0 spiro atoms. The van der Waals surface area contributed by atoms with E-state index in [1.165, 1.54) is 19.2 Å². The maximum Gasteiger partial charge on any atom is 0.318 e. The highest BCUT2D eigenvalue weighted by Crippen LogP contribution is 2.40. The molecule has 0 aromatic heterocycles. The van der Waals surface area contributed by atoms with Crippen molar-refractivity contribution in [2.45, 2.75) is 0 Å². The number of hydrogen-bond acceptors (Lipinski definition) is 7. The van der Waals surface area contributed by atoms with Crippen LogP contribution in [0.15, 0.2) is 34.8 Å². The molecule has 0 aliphatic heterocycles. The smallest absolute Gasteiger partial charge is 0.318 e. The maximum atomic E-state index is 11.1. The highest BCUT2D eigenvalue weighted by atomic mass is 79.9. The molecule has 2 rings (SSSR count). The Morgan fingerprint density at radius 1 is 1.04 bits per heavy atom. The van der Waals surface area contributed by atoms with E-state index in [-0.39, 0.29) is 22.8 Å². The van der Waals surface area contributed by atoms with E-state index in [1.54, 1.807) is 0 Å². The standard InChI is InChI=1S/C14H9BrN2O7/c1-23-13-6-10(15)8(7-18)4-14(13)24-12-3-2-9(16(19)20)5-11(12)17(21)22/h2-7H,1H3. The zero-order chi connectivity index (χ0) is 17.9. The van der Waals surface area contributed by atoms with Gasteiger partial charge >= 0.3 is 5.69 Å². The largest absolute Gasteiger partial charge is 0.493 e. The number of aldehydes is 1. The monoisotopic (exact) mass is 396 g/mol. The normalized spacial score (nSPS) is 10.1. The van der Waals surface area contributed by atoms with Crippen LogP contribution in [0.25, 0.3) is 0 Å². The zero-order valence-electron chi connectivity index (χ0n) is 12.1. The van der Waals surface area contributed by atoms with E-state index in [9.17, 15) is 25.0 Å². The molecule has 24 heavy (non-hydrogen) atoms. The molecule has 0 heterocycles. The lowest BCUT2D eigenvalue weighted by molar-refractivity contribution is -0.394. The van der Waals surface area contributed by atoms with Crippen molar-refractivity contribution in [3.63, 3.8) is 0 Å². The highest BCUT2D eigenvalue weighted by molar-refractivity contribution is 9.10. The SMILES string of the molecule is COc1cc(Br)c(C=O)cc1Oc1ccc([N+](=O)[O-])cc1[N+](=O)[O-]. The molecule has 124 valence electrons. The number of methoxy groups -OCH3 is 1. The number of nitro benzene ring substituents is 2. The molecule has 9 nitrogen and oxygen atoms in total. The number of rotatable bonds is 6. The van der Waals surface area contributed by atoms with Crippen LogP contribution in [0.2, 0.25) is 0 Å². The van der Waals surface area contributed by atoms with Gasteiger partial charge in [0.25, 0.3) is 5.69 Å². The summed E-state index contributed by atoms with van der Waals surface area (Å²) in [4.78, 5) is 31.3. The number of non-ortho nitro benzene ring substituents is 1. The van der Waals surface area contributed by atoms with Crippen LogP contribution >= 0.6 is 15.9 Å². The van der Waals surface area contributed by atoms with Gasteiger partial charge in [0.05, 0.1) is 23.0 Å². The van der Waals surface area contributed by atoms with Gasteiger partial charge < -0.3 is 9.47 Å². The fourth-order valence-corrected chi connectivity index (χ4v) is 2.26. The lowest BCUT2D eigenvalue weighted by Gasteiger charge is -2.12. The van der Waals surface area contributed by atoms with Gasteiger partial charge in [0.15, 0.2) is 17.8 Å². The van der Waals surface area contributed by atoms with Crippen molar-refractivity contribution in [2.75, 3.05) is 7.11 Å². The third-order valence-electron chi connectivity index (χ3n) is 2.98. The summed E-state index contributed by atoms with van der Waals surface area (Å²) in [6, 6.07) is 5.78. The van der Waals surface area contributed by atoms with Crippen LogP contribution in [-0.4, -0.2) is 23.2 Å². The van der Waals surface area contributed by atoms with Gasteiger partial charge in [0.2, 0.25) is 5.75 Å². The predicted octanol–water partition coefficient (Wildman–Crippen LogP) is 3.88. The van der Waals surface area contributed by atoms with E-state index >= 15 is 0 Å². The molecule has 2 aromatic carbocycles. The molecule has 0 aliphatic carbocycles. The van der Waals surface area contributed by atoms with Crippen LogP contribution in [-0.2, 0) is 0 Å². The number of nitrogens with zero attached hydrogens (tertiary/aromatic N) is 2. The van der Waals surface area contributed by atoms with E-state index < -0.39 is 21.2 Å². The van der Waals surface area contributed by atoms with Crippen molar-refractivity contribution in [3.8, 4) is 17.2 Å². The van der Waals surface area contributed by atoms with Crippen molar-refractivity contribution in [1.82, 2.24) is 0 Å². The average molecular weight is 397 g/mol. The van der Waals surface area contributed by atoms with Crippen LogP contribution in [0.5, 0.6) is 17.2 Å². The summed E-state index contributed by atoms with van der Waals surface area (Å²) < 4.78 is 11.0. The second-order valence-corrected chi connectivity index (χ2v) is 5.27. The first-order valence-electron chi connectivity index (χ1n) is 6.30. The Morgan fingerprint density at radius 2 is 1.75 bits per heavy atom. The van der Waals surface area contributed by atoms with Crippen molar-refractivity contribution < 1.29 is 24.1 Å². The molecule has 10 heteroatoms. The number of ether oxygens (including phenoxy) is 2. The maximum absolute atomic E-state index is 11.1. The molecular formula is C14H9BrN2O7. The summed E-state index contributed by atoms with van der Waals surface area (Å²) in [5, 5.41) is 21.9. The van der Waals surface area contributed by atoms with Crippen molar-refractivity contribution in [1.29, 1.82) is 0 Å². The molecule has 0 N–H and O–H groups in total. The first kappa shape index (κ1) is 17.3. The number of halogens is 1. The van der Waals surface area contributed by atoms with Gasteiger partial charge in [-0.05, 0) is 34.1 Å². The minimum atomic E-state index is -0.797. The summed E-state index contributed by atoms with van der Waals surface area (Å²) in [6.07, 6.45) is 0.570. The summed E-state index contributed by atoms with van der Waals surface area (Å²) in [6.45, 7) is 0. The third kappa shape index (κ3) is 3.49. The van der Waals surface area contributed by atoms with Crippen LogP contribution in [0, 0.1) is 20.2 Å². The molecule has 0 radical (unpaired) electrons. The van der Waals surface area contributed by atoms with E-state index in [1.807, 2.05) is 0 Å². The van der Waals surface area contributed by atoms with Gasteiger partial charge in [0.1, 0.15) is 0 Å². The van der Waals surface area contributed by atoms with E-state index in [2.05, 4.69) is 15.9 Å². The van der Waals surface area contributed by atoms with Gasteiger partial charge in [-0.1, -0.05) is 0 Å². The fourth-order valence-electron chi connectivity index (χ4n) is 1.85. The molecule has 0 unspecified atom stereocenters. The van der Waals surface area contributed by atoms with E-state index in [0.717, 1.165) is 18.2 Å². The Kier molecular flexibility index (Phi) is 5.09. The molecule has 0 atom stereocenters. The number of benzene rings is 2. The molecule has 0 bridgehead atoms. The van der Waals surface area contributed by atoms with Crippen LogP contribution < -0.4 is 9.47 Å². The Labute approximate surface area is 143 Å². The van der Waals surface area contributed by atoms with Crippen molar-refractivity contribution in [2.24, 2.45) is 0 Å². The topological polar surface area (TPSA) is 122 Å². The first-order valence-corrected chi connectivity index (χ1v) is 7.10.